The summed E-state index contributed by atoms with van der Waals surface area (Å²) in [5.74, 6) is -1.17. The van der Waals surface area contributed by atoms with Crippen molar-refractivity contribution in [2.45, 2.75) is 11.8 Å². The summed E-state index contributed by atoms with van der Waals surface area (Å²) in [5.41, 5.74) is -2.50. The van der Waals surface area contributed by atoms with E-state index in [0.717, 1.165) is 0 Å². The summed E-state index contributed by atoms with van der Waals surface area (Å²) in [5, 5.41) is 4.48. The quantitative estimate of drug-likeness (QED) is 0.734. The van der Waals surface area contributed by atoms with Crippen molar-refractivity contribution in [2.24, 2.45) is 0 Å². The monoisotopic (exact) mass is 322 g/mol. The lowest BCUT2D eigenvalue weighted by molar-refractivity contribution is -0.568. The fourth-order valence-corrected chi connectivity index (χ4v) is 2.26. The highest BCUT2D eigenvalue weighted by Gasteiger charge is 2.73. The molecule has 1 aromatic heterocycles. The first-order valence-electron chi connectivity index (χ1n) is 6.76. The second-order valence-electron chi connectivity index (χ2n) is 4.97. The van der Waals surface area contributed by atoms with E-state index >= 15 is 0 Å². The number of hydrogen-bond donors (Lipinski definition) is 3. The number of H-pyrrole nitrogens is 1. The highest BCUT2D eigenvalue weighted by Crippen LogP contribution is 2.29. The number of benzene rings is 1. The van der Waals surface area contributed by atoms with Gasteiger partial charge >= 0.3 is 17.7 Å². The normalized spacial score (nSPS) is 20.8. The summed E-state index contributed by atoms with van der Waals surface area (Å²) in [6, 6.07) is 12.8. The molecule has 2 heterocycles. The van der Waals surface area contributed by atoms with Crippen LogP contribution in [-0.2, 0) is 4.79 Å². The molecular formula is C15H13F3N4O+2. The zero-order valence-electron chi connectivity index (χ0n) is 11.7. The summed E-state index contributed by atoms with van der Waals surface area (Å²) in [6.45, 7) is 0. The van der Waals surface area contributed by atoms with E-state index in [4.69, 9.17) is 0 Å². The lowest BCUT2D eigenvalue weighted by Crippen LogP contribution is -2.94. The Morgan fingerprint density at radius 2 is 1.74 bits per heavy atom. The Hall–Kier alpha value is -2.90. The standard InChI is InChI=1S/C15H11F3N4O/c16-15(17,18)14(21-11-8-4-5-9-19-11)13(23)20-12(22-14)10-6-2-1-3-7-10/h1-9H,(H,19,21)(H,20,22,23)/p+2/t14-/m1/s1. The maximum atomic E-state index is 13.6. The number of nitrogens with one attached hydrogen (secondary N) is 4. The Morgan fingerprint density at radius 1 is 1.04 bits per heavy atom. The van der Waals surface area contributed by atoms with E-state index in [-0.39, 0.29) is 11.7 Å². The van der Waals surface area contributed by atoms with Crippen LogP contribution in [-0.4, -0.2) is 23.6 Å². The van der Waals surface area contributed by atoms with Crippen LogP contribution in [0.3, 0.4) is 0 Å². The van der Waals surface area contributed by atoms with Gasteiger partial charge in [-0.25, -0.2) is 25.4 Å². The number of carbonyl (C=O) groups excluding carboxylic acids is 1. The van der Waals surface area contributed by atoms with E-state index in [9.17, 15) is 18.0 Å². The van der Waals surface area contributed by atoms with Crippen LogP contribution in [0.1, 0.15) is 5.56 Å². The molecule has 0 radical (unpaired) electrons. The lowest BCUT2D eigenvalue weighted by Gasteiger charge is -2.19. The number of carbonyl (C=O) groups is 1. The highest BCUT2D eigenvalue weighted by molar-refractivity contribution is 6.11. The molecule has 0 bridgehead atoms. The van der Waals surface area contributed by atoms with Crippen LogP contribution in [0.4, 0.5) is 19.0 Å². The van der Waals surface area contributed by atoms with Gasteiger partial charge in [0.15, 0.2) is 0 Å². The predicted molar refractivity (Wildman–Crippen MR) is 75.1 cm³/mol. The smallest absolute Gasteiger partial charge is 0.248 e. The molecule has 0 unspecified atom stereocenters. The average Bonchev–Trinajstić information content (AvgIpc) is 2.87. The molecule has 4 N–H and O–H groups in total. The Kier molecular flexibility index (Phi) is 3.51. The minimum atomic E-state index is -4.86. The van der Waals surface area contributed by atoms with Crippen LogP contribution in [0, 0.1) is 0 Å². The van der Waals surface area contributed by atoms with E-state index in [1.807, 2.05) is 0 Å². The third-order valence-corrected chi connectivity index (χ3v) is 3.41. The minimum Gasteiger partial charge on any atom is -0.248 e. The van der Waals surface area contributed by atoms with Gasteiger partial charge in [0.25, 0.3) is 11.7 Å². The topological polar surface area (TPSA) is 69.2 Å². The van der Waals surface area contributed by atoms with Crippen LogP contribution < -0.4 is 20.6 Å². The lowest BCUT2D eigenvalue weighted by atomic mass is 10.1. The fourth-order valence-electron chi connectivity index (χ4n) is 2.26. The molecule has 1 aromatic carbocycles. The number of amides is 1. The van der Waals surface area contributed by atoms with Gasteiger partial charge in [0.05, 0.1) is 11.8 Å². The van der Waals surface area contributed by atoms with E-state index < -0.39 is 17.7 Å². The molecule has 23 heavy (non-hydrogen) atoms. The largest absolute Gasteiger partial charge is 0.488 e. The fraction of sp³-hybridized carbons (Fsp3) is 0.133. The Balaban J connectivity index is 2.06. The molecule has 1 amide bonds. The number of pyridine rings is 1. The van der Waals surface area contributed by atoms with Gasteiger partial charge in [-0.3, -0.25) is 0 Å². The van der Waals surface area contributed by atoms with E-state index in [1.165, 1.54) is 12.3 Å². The van der Waals surface area contributed by atoms with Gasteiger partial charge in [-0.15, -0.1) is 0 Å². The summed E-state index contributed by atoms with van der Waals surface area (Å²) >= 11 is 0. The van der Waals surface area contributed by atoms with E-state index in [0.29, 0.717) is 5.56 Å². The molecule has 0 saturated heterocycles. The second-order valence-corrected chi connectivity index (χ2v) is 4.97. The third-order valence-electron chi connectivity index (χ3n) is 3.41. The summed E-state index contributed by atoms with van der Waals surface area (Å²) in [7, 11) is 0. The number of aromatic amines is 1. The van der Waals surface area contributed by atoms with E-state index in [1.54, 1.807) is 42.5 Å². The molecule has 1 atom stereocenters. The van der Waals surface area contributed by atoms with Crippen LogP contribution in [0.2, 0.25) is 0 Å². The highest BCUT2D eigenvalue weighted by atomic mass is 19.4. The summed E-state index contributed by atoms with van der Waals surface area (Å²) in [6.07, 6.45) is -3.40. The number of aromatic nitrogens is 1. The van der Waals surface area contributed by atoms with Crippen molar-refractivity contribution in [2.75, 3.05) is 5.32 Å². The first kappa shape index (κ1) is 15.0. The molecular weight excluding hydrogens is 309 g/mol. The van der Waals surface area contributed by atoms with Crippen molar-refractivity contribution in [1.82, 2.24) is 5.32 Å². The molecule has 0 aliphatic carbocycles. The van der Waals surface area contributed by atoms with Gasteiger partial charge in [-0.1, -0.05) is 24.3 Å². The molecule has 8 heteroatoms. The Labute approximate surface area is 129 Å². The van der Waals surface area contributed by atoms with Gasteiger partial charge in [-0.05, 0) is 18.2 Å². The van der Waals surface area contributed by atoms with Crippen LogP contribution in [0.15, 0.2) is 54.7 Å². The minimum absolute atomic E-state index is 0.00337. The van der Waals surface area contributed by atoms with Crippen LogP contribution in [0.25, 0.3) is 0 Å². The molecule has 5 nitrogen and oxygen atoms in total. The molecule has 118 valence electrons. The van der Waals surface area contributed by atoms with Gasteiger partial charge < -0.3 is 0 Å². The zero-order valence-corrected chi connectivity index (χ0v) is 11.7. The molecule has 0 fully saturated rings. The van der Waals surface area contributed by atoms with Crippen LogP contribution in [0.5, 0.6) is 0 Å². The van der Waals surface area contributed by atoms with Gasteiger partial charge in [-0.2, -0.15) is 13.2 Å². The van der Waals surface area contributed by atoms with Crippen LogP contribution >= 0.6 is 0 Å². The molecule has 0 spiro atoms. The number of anilines is 1. The predicted octanol–water partition coefficient (Wildman–Crippen LogP) is -0.172. The number of alkyl halides is 3. The molecule has 1 aliphatic rings. The molecule has 0 saturated carbocycles. The summed E-state index contributed by atoms with van der Waals surface area (Å²) < 4.78 is 40.9. The van der Waals surface area contributed by atoms with Crippen molar-refractivity contribution in [3.05, 3.63) is 60.3 Å². The first-order chi connectivity index (χ1) is 10.9. The number of hydrogen-bond acceptors (Lipinski definition) is 2. The third kappa shape index (κ3) is 2.63. The Morgan fingerprint density at radius 3 is 2.35 bits per heavy atom. The molecule has 2 aromatic rings. The van der Waals surface area contributed by atoms with Crippen molar-refractivity contribution < 1.29 is 27.9 Å². The zero-order chi connectivity index (χ0) is 16.5. The van der Waals surface area contributed by atoms with Gasteiger partial charge in [0, 0.05) is 6.07 Å². The summed E-state index contributed by atoms with van der Waals surface area (Å²) in [4.78, 5) is 17.0. The first-order valence-corrected chi connectivity index (χ1v) is 6.76. The maximum Gasteiger partial charge on any atom is 0.488 e. The number of rotatable bonds is 3. The van der Waals surface area contributed by atoms with E-state index in [2.05, 4.69) is 20.6 Å². The number of amidine groups is 1. The molecule has 1 aliphatic heterocycles. The average molecular weight is 322 g/mol. The second kappa shape index (κ2) is 5.38. The van der Waals surface area contributed by atoms with Crippen molar-refractivity contribution >= 4 is 17.6 Å². The van der Waals surface area contributed by atoms with Crippen molar-refractivity contribution in [3.8, 4) is 0 Å². The van der Waals surface area contributed by atoms with Gasteiger partial charge in [0.1, 0.15) is 0 Å². The maximum absolute atomic E-state index is 13.6. The van der Waals surface area contributed by atoms with Gasteiger partial charge in [0.2, 0.25) is 0 Å². The molecule has 3 rings (SSSR count). The van der Waals surface area contributed by atoms with Crippen molar-refractivity contribution in [1.29, 1.82) is 0 Å². The SMILES string of the molecule is O=C1NC(c2ccccc2)=[NH+][C@@]1(Nc1cccc[nH+]1)C(F)(F)F. The number of halogens is 3. The Bertz CT molecular complexity index is 746. The van der Waals surface area contributed by atoms with Crippen molar-refractivity contribution in [3.63, 3.8) is 0 Å².